The third-order valence-electron chi connectivity index (χ3n) is 5.75. The van der Waals surface area contributed by atoms with Gasteiger partial charge >= 0.3 is 0 Å². The fourth-order valence-corrected chi connectivity index (χ4v) is 3.88. The zero-order valence-electron chi connectivity index (χ0n) is 20.6. The van der Waals surface area contributed by atoms with Crippen LogP contribution in [-0.4, -0.2) is 42.1 Å². The molecule has 0 spiro atoms. The first-order valence-electron chi connectivity index (χ1n) is 11.2. The Kier molecular flexibility index (Phi) is 7.45. The molecule has 182 valence electrons. The van der Waals surface area contributed by atoms with Gasteiger partial charge in [-0.15, -0.1) is 0 Å². The number of fused-ring (bicyclic) bond motifs is 1. The fraction of sp³-hybridized carbons (Fsp3) is 0.250. The molecule has 0 saturated carbocycles. The maximum atomic E-state index is 6.24. The third kappa shape index (κ3) is 5.19. The molecule has 0 fully saturated rings. The van der Waals surface area contributed by atoms with E-state index in [1.54, 1.807) is 35.5 Å². The third-order valence-corrected chi connectivity index (χ3v) is 5.75. The second kappa shape index (κ2) is 10.9. The van der Waals surface area contributed by atoms with Gasteiger partial charge in [0.2, 0.25) is 0 Å². The fourth-order valence-electron chi connectivity index (χ4n) is 3.88. The van der Waals surface area contributed by atoms with Crippen LogP contribution in [0.1, 0.15) is 5.56 Å². The molecule has 0 unspecified atom stereocenters. The molecule has 4 aromatic rings. The lowest BCUT2D eigenvalue weighted by Gasteiger charge is -2.11. The lowest BCUT2D eigenvalue weighted by Crippen LogP contribution is -2.06. The summed E-state index contributed by atoms with van der Waals surface area (Å²) in [5, 5.41) is 1.69. The second-order valence-corrected chi connectivity index (χ2v) is 7.75. The van der Waals surface area contributed by atoms with E-state index < -0.39 is 0 Å². The highest BCUT2D eigenvalue weighted by Gasteiger charge is 2.11. The monoisotopic (exact) mass is 475 g/mol. The molecule has 3 aromatic carbocycles. The van der Waals surface area contributed by atoms with E-state index >= 15 is 0 Å². The molecule has 4 rings (SSSR count). The molecule has 7 heteroatoms. The lowest BCUT2D eigenvalue weighted by atomic mass is 10.1. The van der Waals surface area contributed by atoms with Crippen LogP contribution in [0.15, 0.2) is 70.1 Å². The van der Waals surface area contributed by atoms with Crippen LogP contribution < -0.4 is 29.0 Å². The molecule has 0 aliphatic rings. The van der Waals surface area contributed by atoms with Gasteiger partial charge in [-0.1, -0.05) is 6.07 Å². The van der Waals surface area contributed by atoms with E-state index in [4.69, 9.17) is 33.1 Å². The Bertz CT molecular complexity index is 1390. The van der Waals surface area contributed by atoms with Gasteiger partial charge in [0.15, 0.2) is 23.0 Å². The molecule has 0 bridgehead atoms. The van der Waals surface area contributed by atoms with E-state index in [1.807, 2.05) is 60.7 Å². The Morgan fingerprint density at radius 3 is 2.03 bits per heavy atom. The summed E-state index contributed by atoms with van der Waals surface area (Å²) >= 11 is 0. The predicted octanol–water partition coefficient (Wildman–Crippen LogP) is 5.29. The standard InChI is InChI=1S/C28H29NO6/c1-30-20-8-11-23-21(16-20)22(29-13-12-18-6-9-24(31-2)27(14-18)33-4)17-26(35-23)19-7-10-25(32-3)28(15-19)34-5/h6-11,14-17H,12-13H2,1-5H3. The van der Waals surface area contributed by atoms with Crippen molar-refractivity contribution in [3.8, 4) is 40.1 Å². The van der Waals surface area contributed by atoms with E-state index in [2.05, 4.69) is 0 Å². The molecule has 1 heterocycles. The Balaban J connectivity index is 1.74. The van der Waals surface area contributed by atoms with Gasteiger partial charge in [-0.3, -0.25) is 4.99 Å². The summed E-state index contributed by atoms with van der Waals surface area (Å²) in [4.78, 5) is 4.92. The highest BCUT2D eigenvalue weighted by atomic mass is 16.5. The van der Waals surface area contributed by atoms with Crippen LogP contribution in [0.5, 0.6) is 28.7 Å². The summed E-state index contributed by atoms with van der Waals surface area (Å²) in [6, 6.07) is 19.2. The Labute approximate surface area is 204 Å². The number of hydrogen-bond acceptors (Lipinski definition) is 7. The van der Waals surface area contributed by atoms with Crippen LogP contribution in [0.25, 0.3) is 22.3 Å². The van der Waals surface area contributed by atoms with E-state index in [9.17, 15) is 0 Å². The second-order valence-electron chi connectivity index (χ2n) is 7.75. The van der Waals surface area contributed by atoms with Gasteiger partial charge in [0, 0.05) is 23.6 Å². The molecule has 0 N–H and O–H groups in total. The SMILES string of the molecule is COc1ccc2oc(-c3ccc(OC)c(OC)c3)cc(=NCCc3ccc(OC)c(OC)c3)c2c1. The minimum absolute atomic E-state index is 0.581. The summed E-state index contributed by atoms with van der Waals surface area (Å²) in [6.45, 7) is 0.581. The Morgan fingerprint density at radius 2 is 1.34 bits per heavy atom. The number of rotatable bonds is 9. The average Bonchev–Trinajstić information content (AvgIpc) is 2.91. The molecule has 0 amide bonds. The van der Waals surface area contributed by atoms with Crippen molar-refractivity contribution in [2.75, 3.05) is 42.1 Å². The van der Waals surface area contributed by atoms with Gasteiger partial charge in [0.25, 0.3) is 0 Å². The largest absolute Gasteiger partial charge is 0.497 e. The first-order chi connectivity index (χ1) is 17.1. The van der Waals surface area contributed by atoms with E-state index in [1.165, 1.54) is 0 Å². The smallest absolute Gasteiger partial charge is 0.161 e. The van der Waals surface area contributed by atoms with Gasteiger partial charge in [0.1, 0.15) is 17.1 Å². The van der Waals surface area contributed by atoms with Crippen molar-refractivity contribution in [3.63, 3.8) is 0 Å². The normalized spacial score (nSPS) is 11.4. The number of methoxy groups -OCH3 is 5. The van der Waals surface area contributed by atoms with E-state index in [-0.39, 0.29) is 0 Å². The molecule has 0 aliphatic heterocycles. The van der Waals surface area contributed by atoms with Crippen molar-refractivity contribution in [3.05, 3.63) is 71.6 Å². The summed E-state index contributed by atoms with van der Waals surface area (Å²) < 4.78 is 33.3. The summed E-state index contributed by atoms with van der Waals surface area (Å²) in [5.74, 6) is 4.10. The van der Waals surface area contributed by atoms with Crippen LogP contribution in [0, 0.1) is 0 Å². The van der Waals surface area contributed by atoms with Gasteiger partial charge in [0.05, 0.1) is 40.9 Å². The van der Waals surface area contributed by atoms with Gasteiger partial charge < -0.3 is 28.1 Å². The van der Waals surface area contributed by atoms with Crippen LogP contribution in [0.4, 0.5) is 0 Å². The van der Waals surface area contributed by atoms with Gasteiger partial charge in [-0.2, -0.15) is 0 Å². The highest BCUT2D eigenvalue weighted by Crippen LogP contribution is 2.33. The highest BCUT2D eigenvalue weighted by molar-refractivity contribution is 5.80. The van der Waals surface area contributed by atoms with Crippen molar-refractivity contribution in [2.24, 2.45) is 4.99 Å². The zero-order chi connectivity index (χ0) is 24.8. The first-order valence-corrected chi connectivity index (χ1v) is 11.2. The molecule has 0 atom stereocenters. The van der Waals surface area contributed by atoms with Crippen LogP contribution in [-0.2, 0) is 6.42 Å². The molecule has 0 aliphatic carbocycles. The molecule has 0 radical (unpaired) electrons. The predicted molar refractivity (Wildman–Crippen MR) is 135 cm³/mol. The van der Waals surface area contributed by atoms with Crippen molar-refractivity contribution in [2.45, 2.75) is 6.42 Å². The zero-order valence-corrected chi connectivity index (χ0v) is 20.6. The van der Waals surface area contributed by atoms with E-state index in [0.29, 0.717) is 40.9 Å². The molecule has 7 nitrogen and oxygen atoms in total. The molecule has 0 saturated heterocycles. The number of nitrogens with zero attached hydrogens (tertiary/aromatic N) is 1. The van der Waals surface area contributed by atoms with Crippen LogP contribution in [0.2, 0.25) is 0 Å². The van der Waals surface area contributed by atoms with Crippen LogP contribution in [0.3, 0.4) is 0 Å². The summed E-state index contributed by atoms with van der Waals surface area (Å²) in [7, 11) is 8.13. The van der Waals surface area contributed by atoms with Gasteiger partial charge in [-0.25, -0.2) is 0 Å². The maximum Gasteiger partial charge on any atom is 0.161 e. The molecule has 1 aromatic heterocycles. The van der Waals surface area contributed by atoms with Crippen molar-refractivity contribution < 1.29 is 28.1 Å². The maximum absolute atomic E-state index is 6.24. The lowest BCUT2D eigenvalue weighted by molar-refractivity contribution is 0.354. The topological polar surface area (TPSA) is 71.7 Å². The van der Waals surface area contributed by atoms with E-state index in [0.717, 1.165) is 34.0 Å². The number of ether oxygens (including phenoxy) is 5. The first kappa shape index (κ1) is 24.0. The summed E-state index contributed by atoms with van der Waals surface area (Å²) in [6.07, 6.45) is 0.740. The Hall–Kier alpha value is -4.13. The molecule has 35 heavy (non-hydrogen) atoms. The molecular formula is C28H29NO6. The quantitative estimate of drug-likeness (QED) is 0.328. The molecular weight excluding hydrogens is 446 g/mol. The van der Waals surface area contributed by atoms with Crippen molar-refractivity contribution >= 4 is 11.0 Å². The van der Waals surface area contributed by atoms with Crippen molar-refractivity contribution in [1.29, 1.82) is 0 Å². The summed E-state index contributed by atoms with van der Waals surface area (Å²) in [5.41, 5.74) is 2.67. The minimum Gasteiger partial charge on any atom is -0.497 e. The van der Waals surface area contributed by atoms with Crippen molar-refractivity contribution in [1.82, 2.24) is 0 Å². The minimum atomic E-state index is 0.581. The van der Waals surface area contributed by atoms with Crippen LogP contribution >= 0.6 is 0 Å². The average molecular weight is 476 g/mol. The van der Waals surface area contributed by atoms with Gasteiger partial charge in [-0.05, 0) is 60.5 Å². The number of benzene rings is 3. The number of hydrogen-bond donors (Lipinski definition) is 0. The Morgan fingerprint density at radius 1 is 0.657 bits per heavy atom.